The van der Waals surface area contributed by atoms with Gasteiger partial charge in [-0.1, -0.05) is 6.07 Å². The second kappa shape index (κ2) is 5.56. The fraction of sp³-hybridized carbons (Fsp3) is 0.231. The summed E-state index contributed by atoms with van der Waals surface area (Å²) in [5.74, 6) is 0. The third-order valence-corrected chi connectivity index (χ3v) is 3.99. The molecule has 4 heteroatoms. The van der Waals surface area contributed by atoms with E-state index in [9.17, 15) is 0 Å². The SMILES string of the molecule is CSc1cc(-c2cccnc2)c(C)c(SC)n1. The molecule has 0 saturated carbocycles. The molecule has 0 radical (unpaired) electrons. The van der Waals surface area contributed by atoms with Crippen molar-refractivity contribution in [3.63, 3.8) is 0 Å². The van der Waals surface area contributed by atoms with E-state index < -0.39 is 0 Å². The number of thioether (sulfide) groups is 2. The molecule has 0 atom stereocenters. The third-order valence-electron chi connectivity index (χ3n) is 2.58. The zero-order chi connectivity index (χ0) is 12.3. The summed E-state index contributed by atoms with van der Waals surface area (Å²) in [6.45, 7) is 2.12. The smallest absolute Gasteiger partial charge is 0.101 e. The van der Waals surface area contributed by atoms with Gasteiger partial charge in [-0.2, -0.15) is 0 Å². The summed E-state index contributed by atoms with van der Waals surface area (Å²) in [6.07, 6.45) is 7.81. The van der Waals surface area contributed by atoms with Gasteiger partial charge in [0.25, 0.3) is 0 Å². The molecule has 2 heterocycles. The van der Waals surface area contributed by atoms with Crippen LogP contribution in [0.1, 0.15) is 5.56 Å². The Kier molecular flexibility index (Phi) is 4.07. The van der Waals surface area contributed by atoms with Crippen LogP contribution in [-0.4, -0.2) is 22.5 Å². The first-order valence-corrected chi connectivity index (χ1v) is 7.71. The second-order valence-corrected chi connectivity index (χ2v) is 5.21. The monoisotopic (exact) mass is 262 g/mol. The Hall–Kier alpha value is -1.00. The molecule has 2 rings (SSSR count). The summed E-state index contributed by atoms with van der Waals surface area (Å²) in [4.78, 5) is 8.78. The molecule has 2 nitrogen and oxygen atoms in total. The molecule has 0 aromatic carbocycles. The minimum atomic E-state index is 1.05. The maximum atomic E-state index is 4.60. The van der Waals surface area contributed by atoms with Crippen molar-refractivity contribution >= 4 is 23.5 Å². The van der Waals surface area contributed by atoms with E-state index in [1.807, 2.05) is 12.3 Å². The predicted molar refractivity (Wildman–Crippen MR) is 75.8 cm³/mol. The van der Waals surface area contributed by atoms with Crippen molar-refractivity contribution in [2.45, 2.75) is 17.0 Å². The van der Waals surface area contributed by atoms with Crippen LogP contribution in [0.4, 0.5) is 0 Å². The van der Waals surface area contributed by atoms with E-state index in [0.717, 1.165) is 15.6 Å². The lowest BCUT2D eigenvalue weighted by atomic mass is 10.1. The van der Waals surface area contributed by atoms with Gasteiger partial charge in [-0.15, -0.1) is 23.5 Å². The van der Waals surface area contributed by atoms with E-state index in [-0.39, 0.29) is 0 Å². The summed E-state index contributed by atoms with van der Waals surface area (Å²) in [6, 6.07) is 6.19. The molecule has 2 aromatic heterocycles. The van der Waals surface area contributed by atoms with Crippen molar-refractivity contribution in [3.05, 3.63) is 36.2 Å². The lowest BCUT2D eigenvalue weighted by Crippen LogP contribution is -1.93. The van der Waals surface area contributed by atoms with Gasteiger partial charge in [0, 0.05) is 18.0 Å². The quantitative estimate of drug-likeness (QED) is 0.784. The molecule has 2 aromatic rings. The maximum absolute atomic E-state index is 4.60. The van der Waals surface area contributed by atoms with Crippen LogP contribution in [0.25, 0.3) is 11.1 Å². The zero-order valence-electron chi connectivity index (χ0n) is 10.1. The second-order valence-electron chi connectivity index (χ2n) is 3.59. The largest absolute Gasteiger partial charge is 0.264 e. The average Bonchev–Trinajstić information content (AvgIpc) is 2.40. The summed E-state index contributed by atoms with van der Waals surface area (Å²) < 4.78 is 0. The van der Waals surface area contributed by atoms with E-state index in [1.54, 1.807) is 29.7 Å². The molecule has 0 amide bonds. The number of nitrogens with zero attached hydrogens (tertiary/aromatic N) is 2. The molecule has 88 valence electrons. The highest BCUT2D eigenvalue weighted by molar-refractivity contribution is 7.99. The van der Waals surface area contributed by atoms with Crippen molar-refractivity contribution in [2.24, 2.45) is 0 Å². The van der Waals surface area contributed by atoms with E-state index >= 15 is 0 Å². The number of rotatable bonds is 3. The van der Waals surface area contributed by atoms with Gasteiger partial charge in [-0.05, 0) is 42.7 Å². The lowest BCUT2D eigenvalue weighted by molar-refractivity contribution is 0.981. The summed E-state index contributed by atoms with van der Waals surface area (Å²) in [5.41, 5.74) is 3.60. The van der Waals surface area contributed by atoms with Gasteiger partial charge in [-0.25, -0.2) is 4.98 Å². The fourth-order valence-corrected chi connectivity index (χ4v) is 2.77. The molecular weight excluding hydrogens is 248 g/mol. The molecule has 17 heavy (non-hydrogen) atoms. The Balaban J connectivity index is 2.60. The van der Waals surface area contributed by atoms with Crippen molar-refractivity contribution < 1.29 is 0 Å². The molecule has 0 aliphatic rings. The summed E-state index contributed by atoms with van der Waals surface area (Å²) in [7, 11) is 0. The van der Waals surface area contributed by atoms with Crippen LogP contribution in [0.3, 0.4) is 0 Å². The van der Waals surface area contributed by atoms with Crippen LogP contribution in [0.5, 0.6) is 0 Å². The first kappa shape index (κ1) is 12.5. The Bertz CT molecular complexity index is 512. The standard InChI is InChI=1S/C13H14N2S2/c1-9-11(10-5-4-6-14-8-10)7-12(16-2)15-13(9)17-3/h4-8H,1-3H3. The minimum Gasteiger partial charge on any atom is -0.264 e. The summed E-state index contributed by atoms with van der Waals surface area (Å²) in [5, 5.41) is 2.15. The van der Waals surface area contributed by atoms with Crippen molar-refractivity contribution in [3.8, 4) is 11.1 Å². The van der Waals surface area contributed by atoms with Crippen LogP contribution in [0.2, 0.25) is 0 Å². The molecule has 0 aliphatic heterocycles. The Morgan fingerprint density at radius 2 is 2.00 bits per heavy atom. The van der Waals surface area contributed by atoms with Crippen LogP contribution >= 0.6 is 23.5 Å². The third kappa shape index (κ3) is 2.64. The van der Waals surface area contributed by atoms with Gasteiger partial charge < -0.3 is 0 Å². The van der Waals surface area contributed by atoms with Crippen molar-refractivity contribution in [2.75, 3.05) is 12.5 Å². The maximum Gasteiger partial charge on any atom is 0.101 e. The van der Waals surface area contributed by atoms with E-state index in [2.05, 4.69) is 41.5 Å². The molecule has 0 fully saturated rings. The van der Waals surface area contributed by atoms with Crippen LogP contribution in [0, 0.1) is 6.92 Å². The van der Waals surface area contributed by atoms with Crippen LogP contribution < -0.4 is 0 Å². The zero-order valence-corrected chi connectivity index (χ0v) is 11.7. The molecule has 0 N–H and O–H groups in total. The Morgan fingerprint density at radius 1 is 1.18 bits per heavy atom. The fourth-order valence-electron chi connectivity index (χ4n) is 1.69. The normalized spacial score (nSPS) is 10.5. The highest BCUT2D eigenvalue weighted by Crippen LogP contribution is 2.31. The van der Waals surface area contributed by atoms with Gasteiger partial charge in [0.1, 0.15) is 5.03 Å². The molecule has 0 spiro atoms. The van der Waals surface area contributed by atoms with Crippen LogP contribution in [0.15, 0.2) is 40.6 Å². The van der Waals surface area contributed by atoms with Gasteiger partial charge in [-0.3, -0.25) is 4.98 Å². The number of pyridine rings is 2. The number of aromatic nitrogens is 2. The first-order chi connectivity index (χ1) is 8.26. The lowest BCUT2D eigenvalue weighted by Gasteiger charge is -2.11. The van der Waals surface area contributed by atoms with Crippen LogP contribution in [-0.2, 0) is 0 Å². The predicted octanol–water partition coefficient (Wildman–Crippen LogP) is 3.90. The van der Waals surface area contributed by atoms with E-state index in [0.29, 0.717) is 0 Å². The first-order valence-electron chi connectivity index (χ1n) is 5.26. The van der Waals surface area contributed by atoms with Crippen molar-refractivity contribution in [1.29, 1.82) is 0 Å². The van der Waals surface area contributed by atoms with Gasteiger partial charge in [0.05, 0.1) is 5.03 Å². The summed E-state index contributed by atoms with van der Waals surface area (Å²) >= 11 is 3.36. The van der Waals surface area contributed by atoms with E-state index in [1.165, 1.54) is 11.1 Å². The van der Waals surface area contributed by atoms with Gasteiger partial charge >= 0.3 is 0 Å². The van der Waals surface area contributed by atoms with Crippen molar-refractivity contribution in [1.82, 2.24) is 9.97 Å². The molecular formula is C13H14N2S2. The van der Waals surface area contributed by atoms with E-state index in [4.69, 9.17) is 0 Å². The molecule has 0 unspecified atom stereocenters. The average molecular weight is 262 g/mol. The number of hydrogen-bond donors (Lipinski definition) is 0. The Labute approximate surface area is 110 Å². The highest BCUT2D eigenvalue weighted by atomic mass is 32.2. The molecule has 0 aliphatic carbocycles. The molecule has 0 bridgehead atoms. The minimum absolute atomic E-state index is 1.05. The van der Waals surface area contributed by atoms with Gasteiger partial charge in [0.2, 0.25) is 0 Å². The number of hydrogen-bond acceptors (Lipinski definition) is 4. The highest BCUT2D eigenvalue weighted by Gasteiger charge is 2.09. The topological polar surface area (TPSA) is 25.8 Å². The van der Waals surface area contributed by atoms with Gasteiger partial charge in [0.15, 0.2) is 0 Å². The Morgan fingerprint density at radius 3 is 2.59 bits per heavy atom. The molecule has 0 saturated heterocycles.